The molecule has 1 N–H and O–H groups in total. The summed E-state index contributed by atoms with van der Waals surface area (Å²) in [7, 11) is 0. The second-order valence-corrected chi connectivity index (χ2v) is 12.0. The lowest BCUT2D eigenvalue weighted by atomic mass is 9.76. The number of imide groups is 1. The van der Waals surface area contributed by atoms with Crippen LogP contribution in [0.2, 0.25) is 0 Å². The lowest BCUT2D eigenvalue weighted by molar-refractivity contribution is -0.132. The molecule has 0 aromatic heterocycles. The van der Waals surface area contributed by atoms with Gasteiger partial charge in [0.1, 0.15) is 12.1 Å². The molecule has 2 fully saturated rings. The Kier molecular flexibility index (Phi) is 6.24. The molecule has 4 aliphatic rings. The number of hydrogen-bond donors (Lipinski definition) is 1. The number of carbonyl (C=O) groups excluding carboxylic acids is 4. The lowest BCUT2D eigenvalue weighted by Gasteiger charge is -2.31. The maximum atomic E-state index is 14.6. The standard InChI is InChI=1S/C32H30N4O4S/c1-41-18-16-23-27-28(30(39)36(29(27)38)21-10-3-2-4-11-21)32(33-23)22-12-6-8-14-25(22)35(31(32)40)19-26(37)34-17-15-20-9-5-7-13-24(20)34/h2-14,23,27-28,33H,15-19H2,1H3/t23-,27-,28+,32+/m1/s1. The van der Waals surface area contributed by atoms with Gasteiger partial charge in [-0.2, -0.15) is 11.8 Å². The molecule has 3 aromatic rings. The Balaban J connectivity index is 1.29. The number of hydrogen-bond acceptors (Lipinski definition) is 6. The maximum Gasteiger partial charge on any atom is 0.253 e. The highest BCUT2D eigenvalue weighted by Gasteiger charge is 2.71. The first kappa shape index (κ1) is 26.0. The predicted octanol–water partition coefficient (Wildman–Crippen LogP) is 3.35. The third-order valence-electron chi connectivity index (χ3n) is 9.00. The van der Waals surface area contributed by atoms with Crippen molar-refractivity contribution in [1.82, 2.24) is 5.32 Å². The maximum absolute atomic E-state index is 14.6. The normalized spacial score (nSPS) is 26.2. The number of rotatable bonds is 6. The van der Waals surface area contributed by atoms with Crippen LogP contribution in [-0.4, -0.2) is 54.8 Å². The van der Waals surface area contributed by atoms with Gasteiger partial charge >= 0.3 is 0 Å². The zero-order chi connectivity index (χ0) is 28.3. The minimum atomic E-state index is -1.43. The Bertz CT molecular complexity index is 1580. The largest absolute Gasteiger partial charge is 0.310 e. The summed E-state index contributed by atoms with van der Waals surface area (Å²) in [5.74, 6) is -2.02. The summed E-state index contributed by atoms with van der Waals surface area (Å²) in [6, 6.07) is 23.7. The van der Waals surface area contributed by atoms with Gasteiger partial charge in [0.2, 0.25) is 17.7 Å². The fourth-order valence-corrected chi connectivity index (χ4v) is 7.74. The molecular weight excluding hydrogens is 536 g/mol. The van der Waals surface area contributed by atoms with Gasteiger partial charge in [-0.25, -0.2) is 4.90 Å². The number of amides is 4. The minimum Gasteiger partial charge on any atom is -0.310 e. The molecule has 4 atom stereocenters. The number of benzene rings is 3. The summed E-state index contributed by atoms with van der Waals surface area (Å²) in [6.45, 7) is 0.413. The van der Waals surface area contributed by atoms with Crippen LogP contribution >= 0.6 is 11.8 Å². The first-order valence-electron chi connectivity index (χ1n) is 14.0. The van der Waals surface area contributed by atoms with Crippen molar-refractivity contribution in [2.45, 2.75) is 24.4 Å². The number of nitrogens with one attached hydrogen (secondary N) is 1. The second kappa shape index (κ2) is 9.85. The first-order valence-corrected chi connectivity index (χ1v) is 15.4. The van der Waals surface area contributed by atoms with Crippen LogP contribution in [0.5, 0.6) is 0 Å². The van der Waals surface area contributed by atoms with Gasteiger partial charge in [0.25, 0.3) is 5.91 Å². The van der Waals surface area contributed by atoms with E-state index >= 15 is 0 Å². The van der Waals surface area contributed by atoms with E-state index in [4.69, 9.17) is 0 Å². The van der Waals surface area contributed by atoms with Gasteiger partial charge in [0.05, 0.1) is 17.5 Å². The lowest BCUT2D eigenvalue weighted by Crippen LogP contribution is -2.56. The Hall–Kier alpha value is -3.95. The van der Waals surface area contributed by atoms with Crippen LogP contribution in [0.1, 0.15) is 17.5 Å². The highest BCUT2D eigenvalue weighted by Crippen LogP contribution is 2.55. The predicted molar refractivity (Wildman–Crippen MR) is 159 cm³/mol. The molecule has 8 nitrogen and oxygen atoms in total. The number of fused-ring (bicyclic) bond motifs is 5. The summed E-state index contributed by atoms with van der Waals surface area (Å²) in [4.78, 5) is 61.0. The quantitative estimate of drug-likeness (QED) is 0.461. The molecule has 4 amide bonds. The van der Waals surface area contributed by atoms with E-state index in [1.807, 2.05) is 60.9 Å². The van der Waals surface area contributed by atoms with Crippen LogP contribution in [0.3, 0.4) is 0 Å². The van der Waals surface area contributed by atoms with Crippen LogP contribution in [0.25, 0.3) is 0 Å². The van der Waals surface area contributed by atoms with E-state index in [1.165, 1.54) is 9.80 Å². The summed E-state index contributed by atoms with van der Waals surface area (Å²) in [6.07, 6.45) is 3.40. The van der Waals surface area contributed by atoms with E-state index in [0.29, 0.717) is 29.9 Å². The monoisotopic (exact) mass is 566 g/mol. The zero-order valence-electron chi connectivity index (χ0n) is 22.7. The van der Waals surface area contributed by atoms with Gasteiger partial charge in [0.15, 0.2) is 0 Å². The summed E-state index contributed by atoms with van der Waals surface area (Å²) < 4.78 is 0. The fourth-order valence-electron chi connectivity index (χ4n) is 7.25. The highest BCUT2D eigenvalue weighted by molar-refractivity contribution is 7.98. The van der Waals surface area contributed by atoms with Gasteiger partial charge in [0, 0.05) is 29.5 Å². The highest BCUT2D eigenvalue weighted by atomic mass is 32.2. The SMILES string of the molecule is CSCC[C@H]1N[C@]2(C(=O)N(CC(=O)N3CCc4ccccc43)c3ccccc32)[C@@H]2C(=O)N(c3ccccc3)C(=O)[C@@H]21. The van der Waals surface area contributed by atoms with Gasteiger partial charge in [-0.1, -0.05) is 54.6 Å². The van der Waals surface area contributed by atoms with Gasteiger partial charge < -0.3 is 9.80 Å². The molecule has 208 valence electrons. The summed E-state index contributed by atoms with van der Waals surface area (Å²) >= 11 is 1.66. The molecule has 41 heavy (non-hydrogen) atoms. The van der Waals surface area contributed by atoms with Crippen molar-refractivity contribution in [3.8, 4) is 0 Å². The number of thioether (sulfide) groups is 1. The van der Waals surface area contributed by atoms with Gasteiger partial charge in [-0.15, -0.1) is 0 Å². The topological polar surface area (TPSA) is 90.0 Å². The molecular formula is C32H30N4O4S. The van der Waals surface area contributed by atoms with Crippen molar-refractivity contribution >= 4 is 52.5 Å². The molecule has 1 spiro atoms. The first-order chi connectivity index (χ1) is 20.0. The van der Waals surface area contributed by atoms with E-state index in [2.05, 4.69) is 5.32 Å². The minimum absolute atomic E-state index is 0.148. The molecule has 4 heterocycles. The molecule has 0 unspecified atom stereocenters. The average molecular weight is 567 g/mol. The van der Waals surface area contributed by atoms with E-state index in [-0.39, 0.29) is 36.2 Å². The molecule has 9 heteroatoms. The van der Waals surface area contributed by atoms with Crippen molar-refractivity contribution in [2.24, 2.45) is 11.8 Å². The van der Waals surface area contributed by atoms with Crippen LogP contribution < -0.4 is 20.0 Å². The van der Waals surface area contributed by atoms with E-state index in [0.717, 1.165) is 23.4 Å². The number of carbonyl (C=O) groups is 4. The van der Waals surface area contributed by atoms with Crippen molar-refractivity contribution < 1.29 is 19.2 Å². The van der Waals surface area contributed by atoms with Crippen LogP contribution in [-0.2, 0) is 31.1 Å². The summed E-state index contributed by atoms with van der Waals surface area (Å²) in [5, 5.41) is 3.53. The number of para-hydroxylation sites is 3. The Labute approximate surface area is 242 Å². The van der Waals surface area contributed by atoms with Crippen molar-refractivity contribution in [3.63, 3.8) is 0 Å². The summed E-state index contributed by atoms with van der Waals surface area (Å²) in [5.41, 5.74) is 2.32. The third kappa shape index (κ3) is 3.72. The van der Waals surface area contributed by atoms with Crippen molar-refractivity contribution in [3.05, 3.63) is 90.0 Å². The van der Waals surface area contributed by atoms with Crippen molar-refractivity contribution in [2.75, 3.05) is 39.8 Å². The molecule has 0 radical (unpaired) electrons. The van der Waals surface area contributed by atoms with E-state index < -0.39 is 17.4 Å². The smallest absolute Gasteiger partial charge is 0.253 e. The van der Waals surface area contributed by atoms with Gasteiger partial charge in [-0.05, 0) is 54.7 Å². The molecule has 0 saturated carbocycles. The van der Waals surface area contributed by atoms with Crippen LogP contribution in [0.4, 0.5) is 17.1 Å². The van der Waals surface area contributed by atoms with Gasteiger partial charge in [-0.3, -0.25) is 24.5 Å². The van der Waals surface area contributed by atoms with E-state index in [9.17, 15) is 19.2 Å². The van der Waals surface area contributed by atoms with Crippen LogP contribution in [0.15, 0.2) is 78.9 Å². The second-order valence-electron chi connectivity index (χ2n) is 11.0. The molecule has 3 aromatic carbocycles. The fraction of sp³-hybridized carbons (Fsp3) is 0.312. The van der Waals surface area contributed by atoms with E-state index in [1.54, 1.807) is 40.9 Å². The Morgan fingerprint density at radius 1 is 0.927 bits per heavy atom. The number of nitrogens with zero attached hydrogens (tertiary/aromatic N) is 3. The average Bonchev–Trinajstić information content (AvgIpc) is 3.71. The molecule has 2 saturated heterocycles. The molecule has 0 aliphatic carbocycles. The molecule has 7 rings (SSSR count). The zero-order valence-corrected chi connectivity index (χ0v) is 23.5. The Morgan fingerprint density at radius 3 is 2.41 bits per heavy atom. The van der Waals surface area contributed by atoms with Crippen molar-refractivity contribution in [1.29, 1.82) is 0 Å². The third-order valence-corrected chi connectivity index (χ3v) is 9.64. The van der Waals surface area contributed by atoms with Crippen LogP contribution in [0, 0.1) is 11.8 Å². The molecule has 4 aliphatic heterocycles. The molecule has 0 bridgehead atoms. The number of anilines is 3. The Morgan fingerprint density at radius 2 is 1.63 bits per heavy atom.